The van der Waals surface area contributed by atoms with E-state index >= 15 is 0 Å². The van der Waals surface area contributed by atoms with Gasteiger partial charge in [0.05, 0.1) is 18.4 Å². The summed E-state index contributed by atoms with van der Waals surface area (Å²) in [4.78, 5) is 6.11. The number of rotatable bonds is 3. The molecule has 0 aliphatic rings. The number of anilines is 1. The first-order valence-electron chi connectivity index (χ1n) is 4.84. The van der Waals surface area contributed by atoms with Crippen molar-refractivity contribution in [1.29, 1.82) is 0 Å². The molecule has 2 heterocycles. The molecule has 0 bridgehead atoms. The van der Waals surface area contributed by atoms with Crippen LogP contribution in [0.3, 0.4) is 0 Å². The maximum Gasteiger partial charge on any atom is 0.0747 e. The highest BCUT2D eigenvalue weighted by Gasteiger charge is 2.00. The summed E-state index contributed by atoms with van der Waals surface area (Å²) in [5.74, 6) is 0. The van der Waals surface area contributed by atoms with Gasteiger partial charge in [0.2, 0.25) is 0 Å². The Balaban J connectivity index is 2.12. The van der Waals surface area contributed by atoms with E-state index in [0.29, 0.717) is 0 Å². The molecule has 0 amide bonds. The Hall–Kier alpha value is -1.84. The molecule has 0 fully saturated rings. The first-order valence-corrected chi connectivity index (χ1v) is 4.84. The van der Waals surface area contributed by atoms with Crippen LogP contribution in [0, 0.1) is 0 Å². The summed E-state index contributed by atoms with van der Waals surface area (Å²) < 4.78 is 1.91. The van der Waals surface area contributed by atoms with E-state index in [1.54, 1.807) is 6.20 Å². The first kappa shape index (κ1) is 9.71. The van der Waals surface area contributed by atoms with Crippen LogP contribution in [0.1, 0.15) is 5.56 Å². The lowest BCUT2D eigenvalue weighted by molar-refractivity contribution is 0.685. The molecule has 0 aliphatic carbocycles. The Morgan fingerprint density at radius 3 is 2.80 bits per heavy atom. The SMILES string of the molecule is CN(C)c1cnn(Cc2cccnc2)c1. The van der Waals surface area contributed by atoms with Crippen molar-refractivity contribution in [2.45, 2.75) is 6.54 Å². The molecule has 2 aromatic heterocycles. The molecule has 0 atom stereocenters. The average molecular weight is 202 g/mol. The molecule has 0 radical (unpaired) electrons. The van der Waals surface area contributed by atoms with Gasteiger partial charge >= 0.3 is 0 Å². The molecule has 0 saturated carbocycles. The van der Waals surface area contributed by atoms with Gasteiger partial charge in [-0.1, -0.05) is 6.07 Å². The van der Waals surface area contributed by atoms with E-state index in [1.165, 1.54) is 0 Å². The van der Waals surface area contributed by atoms with E-state index in [2.05, 4.69) is 10.1 Å². The van der Waals surface area contributed by atoms with Crippen molar-refractivity contribution < 1.29 is 0 Å². The van der Waals surface area contributed by atoms with Gasteiger partial charge in [0, 0.05) is 32.7 Å². The van der Waals surface area contributed by atoms with Gasteiger partial charge in [0.15, 0.2) is 0 Å². The summed E-state index contributed by atoms with van der Waals surface area (Å²) in [6, 6.07) is 3.98. The lowest BCUT2D eigenvalue weighted by Crippen LogP contribution is -2.07. The molecule has 78 valence electrons. The number of hydrogen-bond donors (Lipinski definition) is 0. The maximum atomic E-state index is 4.28. The van der Waals surface area contributed by atoms with Gasteiger partial charge in [0.25, 0.3) is 0 Å². The molecule has 2 aromatic rings. The summed E-state index contributed by atoms with van der Waals surface area (Å²) in [5.41, 5.74) is 2.27. The fraction of sp³-hybridized carbons (Fsp3) is 0.273. The Bertz CT molecular complexity index is 419. The smallest absolute Gasteiger partial charge is 0.0747 e. The minimum Gasteiger partial charge on any atom is -0.375 e. The minimum absolute atomic E-state index is 0.766. The molecular weight excluding hydrogens is 188 g/mol. The third kappa shape index (κ3) is 2.34. The zero-order valence-corrected chi connectivity index (χ0v) is 8.96. The molecule has 0 N–H and O–H groups in total. The van der Waals surface area contributed by atoms with E-state index in [4.69, 9.17) is 0 Å². The van der Waals surface area contributed by atoms with Crippen molar-refractivity contribution >= 4 is 5.69 Å². The van der Waals surface area contributed by atoms with Crippen molar-refractivity contribution in [3.63, 3.8) is 0 Å². The zero-order valence-electron chi connectivity index (χ0n) is 8.96. The molecular formula is C11H14N4. The van der Waals surface area contributed by atoms with Gasteiger partial charge in [-0.05, 0) is 11.6 Å². The molecule has 15 heavy (non-hydrogen) atoms. The highest BCUT2D eigenvalue weighted by molar-refractivity contribution is 5.40. The van der Waals surface area contributed by atoms with E-state index < -0.39 is 0 Å². The minimum atomic E-state index is 0.766. The Labute approximate surface area is 89.2 Å². The van der Waals surface area contributed by atoms with Gasteiger partial charge < -0.3 is 4.90 Å². The lowest BCUT2D eigenvalue weighted by Gasteiger charge is -2.07. The Morgan fingerprint density at radius 2 is 2.20 bits per heavy atom. The van der Waals surface area contributed by atoms with E-state index in [0.717, 1.165) is 17.8 Å². The zero-order chi connectivity index (χ0) is 10.7. The van der Waals surface area contributed by atoms with E-state index in [9.17, 15) is 0 Å². The van der Waals surface area contributed by atoms with Crippen molar-refractivity contribution in [3.05, 3.63) is 42.5 Å². The highest BCUT2D eigenvalue weighted by atomic mass is 15.3. The summed E-state index contributed by atoms with van der Waals surface area (Å²) >= 11 is 0. The second-order valence-corrected chi connectivity index (χ2v) is 3.65. The normalized spacial score (nSPS) is 10.3. The molecule has 0 saturated heterocycles. The molecule has 4 nitrogen and oxygen atoms in total. The number of pyridine rings is 1. The monoisotopic (exact) mass is 202 g/mol. The van der Waals surface area contributed by atoms with Crippen molar-refractivity contribution in [2.75, 3.05) is 19.0 Å². The quantitative estimate of drug-likeness (QED) is 0.754. The number of hydrogen-bond acceptors (Lipinski definition) is 3. The molecule has 2 rings (SSSR count). The second kappa shape index (κ2) is 4.13. The molecule has 0 aliphatic heterocycles. The second-order valence-electron chi connectivity index (χ2n) is 3.65. The molecule has 0 unspecified atom stereocenters. The van der Waals surface area contributed by atoms with Crippen LogP contribution in [-0.2, 0) is 6.54 Å². The Morgan fingerprint density at radius 1 is 1.33 bits per heavy atom. The molecule has 0 aromatic carbocycles. The fourth-order valence-corrected chi connectivity index (χ4v) is 1.35. The van der Waals surface area contributed by atoms with Crippen molar-refractivity contribution in [2.24, 2.45) is 0 Å². The van der Waals surface area contributed by atoms with Crippen LogP contribution < -0.4 is 4.90 Å². The standard InChI is InChI=1S/C11H14N4/c1-14(2)11-7-13-15(9-11)8-10-4-3-5-12-6-10/h3-7,9H,8H2,1-2H3. The predicted octanol–water partition coefficient (Wildman–Crippen LogP) is 1.39. The van der Waals surface area contributed by atoms with Gasteiger partial charge in [-0.15, -0.1) is 0 Å². The van der Waals surface area contributed by atoms with Crippen LogP contribution in [0.5, 0.6) is 0 Å². The number of nitrogens with zero attached hydrogens (tertiary/aromatic N) is 4. The van der Waals surface area contributed by atoms with Crippen LogP contribution in [0.2, 0.25) is 0 Å². The summed E-state index contributed by atoms with van der Waals surface area (Å²) in [5, 5.41) is 4.28. The third-order valence-electron chi connectivity index (χ3n) is 2.20. The van der Waals surface area contributed by atoms with Crippen LogP contribution >= 0.6 is 0 Å². The predicted molar refractivity (Wildman–Crippen MR) is 59.9 cm³/mol. The first-order chi connectivity index (χ1) is 7.25. The number of aromatic nitrogens is 3. The summed E-state index contributed by atoms with van der Waals surface area (Å²) in [7, 11) is 4.01. The van der Waals surface area contributed by atoms with Crippen LogP contribution in [0.15, 0.2) is 36.9 Å². The van der Waals surface area contributed by atoms with Crippen LogP contribution in [-0.4, -0.2) is 28.9 Å². The largest absolute Gasteiger partial charge is 0.375 e. The van der Waals surface area contributed by atoms with E-state index in [-0.39, 0.29) is 0 Å². The van der Waals surface area contributed by atoms with Crippen molar-refractivity contribution in [1.82, 2.24) is 14.8 Å². The van der Waals surface area contributed by atoms with Crippen LogP contribution in [0.25, 0.3) is 0 Å². The highest BCUT2D eigenvalue weighted by Crippen LogP contribution is 2.09. The Kier molecular flexibility index (Phi) is 2.67. The van der Waals surface area contributed by atoms with Crippen molar-refractivity contribution in [3.8, 4) is 0 Å². The summed E-state index contributed by atoms with van der Waals surface area (Å²) in [6.07, 6.45) is 7.51. The lowest BCUT2D eigenvalue weighted by atomic mass is 10.3. The maximum absolute atomic E-state index is 4.28. The fourth-order valence-electron chi connectivity index (χ4n) is 1.35. The topological polar surface area (TPSA) is 34.0 Å². The third-order valence-corrected chi connectivity index (χ3v) is 2.20. The van der Waals surface area contributed by atoms with Gasteiger partial charge in [-0.2, -0.15) is 5.10 Å². The van der Waals surface area contributed by atoms with Crippen LogP contribution in [0.4, 0.5) is 5.69 Å². The van der Waals surface area contributed by atoms with E-state index in [1.807, 2.05) is 54.4 Å². The van der Waals surface area contributed by atoms with Gasteiger partial charge in [-0.3, -0.25) is 9.67 Å². The van der Waals surface area contributed by atoms with Gasteiger partial charge in [0.1, 0.15) is 0 Å². The average Bonchev–Trinajstić information content (AvgIpc) is 2.68. The summed E-state index contributed by atoms with van der Waals surface area (Å²) in [6.45, 7) is 0.766. The molecule has 0 spiro atoms. The van der Waals surface area contributed by atoms with Gasteiger partial charge in [-0.25, -0.2) is 0 Å². The molecule has 4 heteroatoms.